The smallest absolute Gasteiger partial charge is 0.434 e. The van der Waals surface area contributed by atoms with Crippen LogP contribution in [0.25, 0.3) is 33.1 Å². The number of hydrogen-bond donors (Lipinski definition) is 0. The van der Waals surface area contributed by atoms with Crippen molar-refractivity contribution in [3.63, 3.8) is 0 Å². The molecule has 6 rings (SSSR count). The van der Waals surface area contributed by atoms with Crippen molar-refractivity contribution in [3.05, 3.63) is 69.6 Å². The van der Waals surface area contributed by atoms with Gasteiger partial charge in [-0.25, -0.2) is 24.9 Å². The zero-order chi connectivity index (χ0) is 26.6. The molecule has 1 aromatic carbocycles. The first-order chi connectivity index (χ1) is 18.2. The summed E-state index contributed by atoms with van der Waals surface area (Å²) in [4.78, 5) is 34.3. The average molecular weight is 540 g/mol. The van der Waals surface area contributed by atoms with Crippen molar-refractivity contribution in [2.75, 3.05) is 7.11 Å². The van der Waals surface area contributed by atoms with Gasteiger partial charge in [-0.15, -0.1) is 0 Å². The summed E-state index contributed by atoms with van der Waals surface area (Å²) in [6, 6.07) is 6.89. The first kappa shape index (κ1) is 24.2. The molecule has 0 saturated heterocycles. The molecule has 0 amide bonds. The van der Waals surface area contributed by atoms with Gasteiger partial charge in [0.25, 0.3) is 0 Å². The summed E-state index contributed by atoms with van der Waals surface area (Å²) in [6.07, 6.45) is 1.56. The van der Waals surface area contributed by atoms with Crippen molar-refractivity contribution < 1.29 is 17.9 Å². The standard InChI is InChI=1S/C25H20F3N7O2S/c1-34-11-17(25(26,27)28)32-21(34)15-5-3-13(4-6-15)10-35-22-16(38-24(35)36)9-29-20(33-22)18-19(14-7-8-14)30-12-31-23(18)37-2/h3-6,9,11-12,14H,7-8,10H2,1-2H3. The highest BCUT2D eigenvalue weighted by Crippen LogP contribution is 2.45. The number of hydrogen-bond acceptors (Lipinski definition) is 8. The number of ether oxygens (including phenoxy) is 1. The Morgan fingerprint density at radius 3 is 2.53 bits per heavy atom. The largest absolute Gasteiger partial charge is 0.480 e. The van der Waals surface area contributed by atoms with Gasteiger partial charge in [-0.05, 0) is 18.4 Å². The van der Waals surface area contributed by atoms with Crippen molar-refractivity contribution in [1.29, 1.82) is 0 Å². The van der Waals surface area contributed by atoms with Gasteiger partial charge in [0.05, 0.1) is 30.2 Å². The highest BCUT2D eigenvalue weighted by molar-refractivity contribution is 7.16. The van der Waals surface area contributed by atoms with E-state index in [0.717, 1.165) is 41.6 Å². The second-order valence-corrected chi connectivity index (χ2v) is 10.0. The van der Waals surface area contributed by atoms with E-state index >= 15 is 0 Å². The quantitative estimate of drug-likeness (QED) is 0.309. The van der Waals surface area contributed by atoms with E-state index in [0.29, 0.717) is 39.1 Å². The van der Waals surface area contributed by atoms with E-state index < -0.39 is 11.9 Å². The van der Waals surface area contributed by atoms with Crippen molar-refractivity contribution in [3.8, 4) is 28.7 Å². The highest BCUT2D eigenvalue weighted by Gasteiger charge is 2.34. The van der Waals surface area contributed by atoms with Gasteiger partial charge in [0.1, 0.15) is 17.7 Å². The van der Waals surface area contributed by atoms with E-state index in [1.54, 1.807) is 35.0 Å². The van der Waals surface area contributed by atoms with Gasteiger partial charge in [0.2, 0.25) is 5.88 Å². The maximum atomic E-state index is 13.1. The number of benzene rings is 1. The molecule has 0 unspecified atom stereocenters. The molecule has 0 N–H and O–H groups in total. The Morgan fingerprint density at radius 2 is 1.87 bits per heavy atom. The summed E-state index contributed by atoms with van der Waals surface area (Å²) in [6.45, 7) is 0.224. The summed E-state index contributed by atoms with van der Waals surface area (Å²) < 4.78 is 48.1. The fraction of sp³-hybridized carbons (Fsp3) is 0.280. The van der Waals surface area contributed by atoms with Gasteiger partial charge in [-0.3, -0.25) is 9.36 Å². The maximum absolute atomic E-state index is 13.1. The minimum Gasteiger partial charge on any atom is -0.480 e. The number of fused-ring (bicyclic) bond motifs is 1. The lowest BCUT2D eigenvalue weighted by Gasteiger charge is -2.11. The summed E-state index contributed by atoms with van der Waals surface area (Å²) in [5.41, 5.74) is 2.29. The van der Waals surface area contributed by atoms with Crippen LogP contribution in [0.5, 0.6) is 5.88 Å². The van der Waals surface area contributed by atoms with E-state index in [9.17, 15) is 18.0 Å². The van der Waals surface area contributed by atoms with Gasteiger partial charge in [-0.1, -0.05) is 35.6 Å². The lowest BCUT2D eigenvalue weighted by Crippen LogP contribution is -2.14. The minimum atomic E-state index is -4.52. The van der Waals surface area contributed by atoms with Crippen LogP contribution in [-0.4, -0.2) is 41.2 Å². The van der Waals surface area contributed by atoms with Crippen LogP contribution >= 0.6 is 11.3 Å². The van der Waals surface area contributed by atoms with Crippen molar-refractivity contribution >= 4 is 21.7 Å². The van der Waals surface area contributed by atoms with Crippen molar-refractivity contribution in [1.82, 2.24) is 34.1 Å². The fourth-order valence-corrected chi connectivity index (χ4v) is 5.15. The Morgan fingerprint density at radius 1 is 1.11 bits per heavy atom. The van der Waals surface area contributed by atoms with Crippen molar-refractivity contribution in [2.45, 2.75) is 31.5 Å². The van der Waals surface area contributed by atoms with Crippen LogP contribution in [-0.2, 0) is 19.8 Å². The predicted molar refractivity (Wildman–Crippen MR) is 134 cm³/mol. The summed E-state index contributed by atoms with van der Waals surface area (Å²) in [5, 5.41) is 0. The predicted octanol–water partition coefficient (Wildman–Crippen LogP) is 4.66. The van der Waals surface area contributed by atoms with Crippen LogP contribution in [0, 0.1) is 0 Å². The zero-order valence-electron chi connectivity index (χ0n) is 20.2. The molecule has 0 spiro atoms. The molecule has 1 aliphatic carbocycles. The molecule has 1 aliphatic rings. The van der Waals surface area contributed by atoms with E-state index in [-0.39, 0.29) is 17.2 Å². The number of aromatic nitrogens is 7. The third-order valence-electron chi connectivity index (χ3n) is 6.35. The Labute approximate surface area is 217 Å². The highest BCUT2D eigenvalue weighted by atomic mass is 32.1. The Balaban J connectivity index is 1.35. The van der Waals surface area contributed by atoms with Crippen molar-refractivity contribution in [2.24, 2.45) is 7.05 Å². The van der Waals surface area contributed by atoms with Gasteiger partial charge >= 0.3 is 11.0 Å². The number of imidazole rings is 1. The molecular formula is C25H20F3N7O2S. The number of rotatable bonds is 6. The summed E-state index contributed by atoms with van der Waals surface area (Å²) >= 11 is 1.04. The molecule has 1 fully saturated rings. The molecule has 9 nitrogen and oxygen atoms in total. The van der Waals surface area contributed by atoms with Crippen LogP contribution in [0.2, 0.25) is 0 Å². The van der Waals surface area contributed by atoms with Gasteiger partial charge in [0.15, 0.2) is 17.2 Å². The minimum absolute atomic E-state index is 0.199. The second kappa shape index (κ2) is 9.01. The number of thiazole rings is 1. The number of halogens is 3. The second-order valence-electron chi connectivity index (χ2n) is 9.01. The maximum Gasteiger partial charge on any atom is 0.434 e. The lowest BCUT2D eigenvalue weighted by molar-refractivity contribution is -0.140. The number of nitrogens with zero attached hydrogens (tertiary/aromatic N) is 7. The van der Waals surface area contributed by atoms with Crippen LogP contribution in [0.15, 0.2) is 47.8 Å². The normalized spacial score (nSPS) is 13.8. The monoisotopic (exact) mass is 539 g/mol. The number of alkyl halides is 3. The summed E-state index contributed by atoms with van der Waals surface area (Å²) in [5.74, 6) is 1.26. The third kappa shape index (κ3) is 4.32. The van der Waals surface area contributed by atoms with Crippen LogP contribution in [0.1, 0.15) is 35.7 Å². The van der Waals surface area contributed by atoms with E-state index in [4.69, 9.17) is 9.72 Å². The Bertz CT molecular complexity index is 1720. The van der Waals surface area contributed by atoms with Crippen LogP contribution < -0.4 is 9.61 Å². The SMILES string of the molecule is COc1ncnc(C2CC2)c1-c1ncc2sc(=O)n(Cc3ccc(-c4nc(C(F)(F)F)cn4C)cc3)c2n1. The molecule has 0 radical (unpaired) electrons. The van der Waals surface area contributed by atoms with Gasteiger partial charge < -0.3 is 9.30 Å². The number of aryl methyl sites for hydroxylation is 1. The first-order valence-electron chi connectivity index (χ1n) is 11.7. The van der Waals surface area contributed by atoms with Crippen LogP contribution in [0.4, 0.5) is 13.2 Å². The molecule has 0 bridgehead atoms. The molecule has 5 aromatic rings. The average Bonchev–Trinajstić information content (AvgIpc) is 3.60. The van der Waals surface area contributed by atoms with E-state index in [1.807, 2.05) is 0 Å². The number of methoxy groups -OCH3 is 1. The molecule has 4 heterocycles. The van der Waals surface area contributed by atoms with Gasteiger partial charge in [0, 0.05) is 24.7 Å². The topological polar surface area (TPSA) is 101 Å². The molecule has 194 valence electrons. The van der Waals surface area contributed by atoms with Crippen LogP contribution in [0.3, 0.4) is 0 Å². The van der Waals surface area contributed by atoms with E-state index in [2.05, 4.69) is 19.9 Å². The Hall–Kier alpha value is -4.13. The van der Waals surface area contributed by atoms with Gasteiger partial charge in [-0.2, -0.15) is 13.2 Å². The molecule has 0 atom stereocenters. The van der Waals surface area contributed by atoms with E-state index in [1.165, 1.54) is 25.1 Å². The molecule has 4 aromatic heterocycles. The first-order valence-corrected chi connectivity index (χ1v) is 12.5. The Kier molecular flexibility index (Phi) is 5.74. The zero-order valence-corrected chi connectivity index (χ0v) is 21.0. The molecular weight excluding hydrogens is 519 g/mol. The molecule has 0 aliphatic heterocycles. The third-order valence-corrected chi connectivity index (χ3v) is 7.25. The summed E-state index contributed by atoms with van der Waals surface area (Å²) in [7, 11) is 3.04. The molecule has 38 heavy (non-hydrogen) atoms. The lowest BCUT2D eigenvalue weighted by atomic mass is 10.1. The molecule has 13 heteroatoms. The fourth-order valence-electron chi connectivity index (χ4n) is 4.35. The molecule has 1 saturated carbocycles.